The Morgan fingerprint density at radius 1 is 1.31 bits per heavy atom. The molecule has 1 aliphatic rings. The van der Waals surface area contributed by atoms with E-state index in [0.717, 1.165) is 34.1 Å². The number of carbonyl (C=O) groups excluding carboxylic acids is 2. The van der Waals surface area contributed by atoms with Gasteiger partial charge in [0.1, 0.15) is 0 Å². The molecular weight excluding hydrogens is 348 g/mol. The molecule has 3 rings (SSSR count). The molecule has 2 heterocycles. The molecule has 1 aromatic carbocycles. The number of carbonyl (C=O) groups is 2. The summed E-state index contributed by atoms with van der Waals surface area (Å²) in [5.41, 5.74) is 3.07. The maximum absolute atomic E-state index is 12.6. The van der Waals surface area contributed by atoms with Gasteiger partial charge < -0.3 is 15.5 Å². The van der Waals surface area contributed by atoms with E-state index in [4.69, 9.17) is 0 Å². The van der Waals surface area contributed by atoms with E-state index in [1.165, 1.54) is 5.56 Å². The first kappa shape index (κ1) is 18.4. The Morgan fingerprint density at radius 2 is 2.08 bits per heavy atom. The highest BCUT2D eigenvalue weighted by Gasteiger charge is 2.22. The van der Waals surface area contributed by atoms with Gasteiger partial charge in [-0.2, -0.15) is 0 Å². The number of urea groups is 1. The second-order valence-electron chi connectivity index (χ2n) is 6.51. The third kappa shape index (κ3) is 4.04. The highest BCUT2D eigenvalue weighted by atomic mass is 32.1. The summed E-state index contributed by atoms with van der Waals surface area (Å²) in [4.78, 5) is 31.9. The number of fused-ring (bicyclic) bond motifs is 1. The molecule has 2 aromatic rings. The van der Waals surface area contributed by atoms with Crippen LogP contribution in [0.5, 0.6) is 0 Å². The largest absolute Gasteiger partial charge is 0.331 e. The quantitative estimate of drug-likeness (QED) is 0.866. The number of thiazole rings is 1. The topological polar surface area (TPSA) is 74.3 Å². The third-order valence-corrected chi connectivity index (χ3v) is 5.75. The lowest BCUT2D eigenvalue weighted by atomic mass is 10.0. The molecule has 0 radical (unpaired) electrons. The lowest BCUT2D eigenvalue weighted by Gasteiger charge is -2.29. The number of para-hydroxylation sites is 1. The molecule has 6 nitrogen and oxygen atoms in total. The number of aromatic nitrogens is 1. The fourth-order valence-electron chi connectivity index (χ4n) is 3.31. The monoisotopic (exact) mass is 372 g/mol. The van der Waals surface area contributed by atoms with Crippen LogP contribution in [-0.2, 0) is 11.2 Å². The summed E-state index contributed by atoms with van der Waals surface area (Å²) in [6.45, 7) is 6.47. The summed E-state index contributed by atoms with van der Waals surface area (Å²) in [5, 5.41) is 6.54. The van der Waals surface area contributed by atoms with E-state index in [2.05, 4.69) is 21.7 Å². The second-order valence-corrected chi connectivity index (χ2v) is 7.74. The van der Waals surface area contributed by atoms with Crippen molar-refractivity contribution in [3.8, 4) is 0 Å². The van der Waals surface area contributed by atoms with Gasteiger partial charge >= 0.3 is 6.03 Å². The fourth-order valence-corrected chi connectivity index (χ4v) is 4.24. The first-order chi connectivity index (χ1) is 12.5. The smallest absolute Gasteiger partial charge is 0.315 e. The van der Waals surface area contributed by atoms with E-state index in [1.54, 1.807) is 16.2 Å². The Morgan fingerprint density at radius 3 is 2.81 bits per heavy atom. The molecule has 138 valence electrons. The number of nitrogens with zero attached hydrogens (tertiary/aromatic N) is 2. The summed E-state index contributed by atoms with van der Waals surface area (Å²) in [6, 6.07) is 7.45. The number of hydrogen-bond acceptors (Lipinski definition) is 4. The average Bonchev–Trinajstić information content (AvgIpc) is 2.97. The van der Waals surface area contributed by atoms with Gasteiger partial charge in [0.05, 0.1) is 23.3 Å². The lowest BCUT2D eigenvalue weighted by molar-refractivity contribution is -0.117. The van der Waals surface area contributed by atoms with Crippen LogP contribution in [0.4, 0.5) is 10.5 Å². The average molecular weight is 372 g/mol. The summed E-state index contributed by atoms with van der Waals surface area (Å²) in [5.74, 6) is -0.0928. The molecule has 3 amide bonds. The van der Waals surface area contributed by atoms with Gasteiger partial charge in [-0.1, -0.05) is 18.2 Å². The molecule has 0 fully saturated rings. The van der Waals surface area contributed by atoms with Crippen LogP contribution < -0.4 is 15.5 Å². The van der Waals surface area contributed by atoms with Gasteiger partial charge in [-0.25, -0.2) is 9.78 Å². The SMILES string of the molecule is Cc1nc(C)c([C@H](C)NC(=O)NCC(=O)N2CCCc3ccccc32)s1. The zero-order chi connectivity index (χ0) is 18.7. The Bertz CT molecular complexity index is 818. The molecule has 0 aliphatic carbocycles. The van der Waals surface area contributed by atoms with Crippen LogP contribution in [0.1, 0.15) is 40.5 Å². The zero-order valence-electron chi connectivity index (χ0n) is 15.3. The van der Waals surface area contributed by atoms with Crippen molar-refractivity contribution in [1.82, 2.24) is 15.6 Å². The molecule has 1 atom stereocenters. The Kier molecular flexibility index (Phi) is 5.56. The van der Waals surface area contributed by atoms with Crippen molar-refractivity contribution in [2.24, 2.45) is 0 Å². The van der Waals surface area contributed by atoms with Gasteiger partial charge in [0.2, 0.25) is 5.91 Å². The summed E-state index contributed by atoms with van der Waals surface area (Å²) >= 11 is 1.58. The predicted molar refractivity (Wildman–Crippen MR) is 104 cm³/mol. The number of hydrogen-bond donors (Lipinski definition) is 2. The molecule has 0 spiro atoms. The number of anilines is 1. The van der Waals surface area contributed by atoms with Crippen LogP contribution in [0.15, 0.2) is 24.3 Å². The Hall–Kier alpha value is -2.41. The first-order valence-electron chi connectivity index (χ1n) is 8.82. The number of benzene rings is 1. The van der Waals surface area contributed by atoms with Crippen molar-refractivity contribution in [2.45, 2.75) is 39.7 Å². The first-order valence-corrected chi connectivity index (χ1v) is 9.64. The number of nitrogens with one attached hydrogen (secondary N) is 2. The predicted octanol–water partition coefficient (Wildman–Crippen LogP) is 3.10. The minimum Gasteiger partial charge on any atom is -0.331 e. The standard InChI is InChI=1S/C19H24N4O2S/c1-12-18(26-14(3)21-12)13(2)22-19(25)20-11-17(24)23-10-6-8-15-7-4-5-9-16(15)23/h4-5,7,9,13H,6,8,10-11H2,1-3H3,(H2,20,22,25)/t13-/m0/s1. The highest BCUT2D eigenvalue weighted by Crippen LogP contribution is 2.26. The van der Waals surface area contributed by atoms with Crippen molar-refractivity contribution in [3.05, 3.63) is 45.4 Å². The van der Waals surface area contributed by atoms with E-state index in [1.807, 2.05) is 39.0 Å². The second kappa shape index (κ2) is 7.86. The molecular formula is C19H24N4O2S. The van der Waals surface area contributed by atoms with Crippen LogP contribution in [0.2, 0.25) is 0 Å². The minimum absolute atomic E-state index is 0.0202. The zero-order valence-corrected chi connectivity index (χ0v) is 16.2. The highest BCUT2D eigenvalue weighted by molar-refractivity contribution is 7.11. The van der Waals surface area contributed by atoms with E-state index in [-0.39, 0.29) is 24.5 Å². The Balaban J connectivity index is 1.55. The van der Waals surface area contributed by atoms with Crippen LogP contribution >= 0.6 is 11.3 Å². The summed E-state index contributed by atoms with van der Waals surface area (Å²) < 4.78 is 0. The molecule has 0 unspecified atom stereocenters. The molecule has 0 bridgehead atoms. The van der Waals surface area contributed by atoms with Gasteiger partial charge in [0.15, 0.2) is 0 Å². The van der Waals surface area contributed by atoms with Gasteiger partial charge in [0.25, 0.3) is 0 Å². The molecule has 1 aromatic heterocycles. The van der Waals surface area contributed by atoms with Gasteiger partial charge in [-0.15, -0.1) is 11.3 Å². The van der Waals surface area contributed by atoms with Crippen molar-refractivity contribution in [1.29, 1.82) is 0 Å². The molecule has 2 N–H and O–H groups in total. The third-order valence-electron chi connectivity index (χ3n) is 4.49. The van der Waals surface area contributed by atoms with Crippen LogP contribution in [0, 0.1) is 13.8 Å². The normalized spacial score (nSPS) is 14.5. The molecule has 26 heavy (non-hydrogen) atoms. The maximum atomic E-state index is 12.6. The van der Waals surface area contributed by atoms with E-state index >= 15 is 0 Å². The Labute approximate surface area is 157 Å². The van der Waals surface area contributed by atoms with Crippen LogP contribution in [0.25, 0.3) is 0 Å². The van der Waals surface area contributed by atoms with Gasteiger partial charge in [0, 0.05) is 17.1 Å². The van der Waals surface area contributed by atoms with Crippen molar-refractivity contribution >= 4 is 29.0 Å². The van der Waals surface area contributed by atoms with Crippen molar-refractivity contribution in [3.63, 3.8) is 0 Å². The lowest BCUT2D eigenvalue weighted by Crippen LogP contribution is -2.45. The van der Waals surface area contributed by atoms with Crippen LogP contribution in [0.3, 0.4) is 0 Å². The van der Waals surface area contributed by atoms with E-state index in [0.29, 0.717) is 6.54 Å². The maximum Gasteiger partial charge on any atom is 0.315 e. The molecule has 0 saturated heterocycles. The van der Waals surface area contributed by atoms with Crippen LogP contribution in [-0.4, -0.2) is 30.0 Å². The molecule has 7 heteroatoms. The number of aryl methyl sites for hydroxylation is 3. The molecule has 1 aliphatic heterocycles. The summed E-state index contributed by atoms with van der Waals surface area (Å²) in [6.07, 6.45) is 1.93. The van der Waals surface area contributed by atoms with Crippen molar-refractivity contribution in [2.75, 3.05) is 18.0 Å². The van der Waals surface area contributed by atoms with Gasteiger partial charge in [-0.3, -0.25) is 4.79 Å². The van der Waals surface area contributed by atoms with Crippen molar-refractivity contribution < 1.29 is 9.59 Å². The van der Waals surface area contributed by atoms with E-state index < -0.39 is 0 Å². The minimum atomic E-state index is -0.346. The number of rotatable bonds is 4. The molecule has 0 saturated carbocycles. The summed E-state index contributed by atoms with van der Waals surface area (Å²) in [7, 11) is 0. The number of amides is 3. The van der Waals surface area contributed by atoms with E-state index in [9.17, 15) is 9.59 Å². The van der Waals surface area contributed by atoms with Gasteiger partial charge in [-0.05, 0) is 45.2 Å². The fraction of sp³-hybridized carbons (Fsp3) is 0.421.